The molecule has 0 aromatic rings. The van der Waals surface area contributed by atoms with Gasteiger partial charge in [-0.2, -0.15) is 0 Å². The number of rotatable bonds is 31. The molecule has 0 saturated heterocycles. The molecule has 0 spiro atoms. The lowest BCUT2D eigenvalue weighted by atomic mass is 9.99. The maximum Gasteiger partial charge on any atom is 0.469 e. The van der Waals surface area contributed by atoms with Crippen molar-refractivity contribution in [1.82, 2.24) is 0 Å². The maximum absolute atomic E-state index is 12.3. The van der Waals surface area contributed by atoms with Gasteiger partial charge in [-0.3, -0.25) is 14.1 Å². The van der Waals surface area contributed by atoms with Gasteiger partial charge in [0.25, 0.3) is 0 Å². The molecule has 0 fully saturated rings. The molecule has 0 amide bonds. The molecule has 0 aliphatic carbocycles. The molecule has 2 unspecified atom stereocenters. The minimum Gasteiger partial charge on any atom is -0.462 e. The van der Waals surface area contributed by atoms with E-state index in [1.165, 1.54) is 38.5 Å². The first-order valence-corrected chi connectivity index (χ1v) is 19.3. The van der Waals surface area contributed by atoms with Crippen LogP contribution in [0.1, 0.15) is 149 Å². The summed E-state index contributed by atoms with van der Waals surface area (Å²) < 4.78 is 26.2. The first-order chi connectivity index (χ1) is 22.1. The Kier molecular flexibility index (Phi) is 29.4. The first kappa shape index (κ1) is 44.2. The van der Waals surface area contributed by atoms with Crippen molar-refractivity contribution in [3.8, 4) is 0 Å². The molecule has 3 N–H and O–H groups in total. The molecule has 9 nitrogen and oxygen atoms in total. The number of esters is 2. The Bertz CT molecular complexity index is 881. The molecule has 3 atom stereocenters. The third kappa shape index (κ3) is 32.2. The summed E-state index contributed by atoms with van der Waals surface area (Å²) in [6.07, 6.45) is 28.9. The summed E-state index contributed by atoms with van der Waals surface area (Å²) in [7, 11) is -4.77. The third-order valence-corrected chi connectivity index (χ3v) is 8.30. The standard InChI is InChI=1S/C36H65O9P/c1-4-6-7-8-11-16-21-26-33(37)27-22-17-14-19-23-28-35(38)43-30-34(31-44-46(40,41)42)45-36(39)29-24-18-13-10-9-12-15-20-25-32(3)5-2/h6-7,11,16,21,26,32-34,37H,4-5,8-10,12-15,17-20,22-25,27-31H2,1-3H3,(H2,40,41,42)/b7-6+,16-11+,26-21+/t32?,33?,34-/m1/s1. The van der Waals surface area contributed by atoms with Gasteiger partial charge in [0, 0.05) is 12.8 Å². The molecule has 0 aromatic carbocycles. The maximum atomic E-state index is 12.3. The van der Waals surface area contributed by atoms with Crippen LogP contribution in [0.2, 0.25) is 0 Å². The van der Waals surface area contributed by atoms with E-state index < -0.39 is 38.6 Å². The van der Waals surface area contributed by atoms with Gasteiger partial charge in [0.1, 0.15) is 6.61 Å². The lowest BCUT2D eigenvalue weighted by Crippen LogP contribution is -2.29. The van der Waals surface area contributed by atoms with Gasteiger partial charge in [0.2, 0.25) is 0 Å². The van der Waals surface area contributed by atoms with Crippen LogP contribution in [-0.2, 0) is 28.2 Å². The third-order valence-electron chi connectivity index (χ3n) is 7.82. The van der Waals surface area contributed by atoms with E-state index in [1.54, 1.807) is 6.08 Å². The number of phosphoric acid groups is 1. The van der Waals surface area contributed by atoms with Crippen molar-refractivity contribution in [2.45, 2.75) is 161 Å². The Balaban J connectivity index is 4.10. The molecule has 0 aromatic heterocycles. The van der Waals surface area contributed by atoms with E-state index in [9.17, 15) is 19.3 Å². The molecule has 0 rings (SSSR count). The van der Waals surface area contributed by atoms with Gasteiger partial charge < -0.3 is 24.4 Å². The van der Waals surface area contributed by atoms with Gasteiger partial charge in [-0.15, -0.1) is 0 Å². The molecule has 0 radical (unpaired) electrons. The zero-order valence-corrected chi connectivity index (χ0v) is 29.9. The van der Waals surface area contributed by atoms with Crippen molar-refractivity contribution in [3.63, 3.8) is 0 Å². The van der Waals surface area contributed by atoms with Crippen LogP contribution < -0.4 is 0 Å². The van der Waals surface area contributed by atoms with Crippen molar-refractivity contribution in [2.24, 2.45) is 5.92 Å². The van der Waals surface area contributed by atoms with Crippen molar-refractivity contribution < 1.29 is 43.0 Å². The number of carbonyl (C=O) groups is 2. The Morgan fingerprint density at radius 3 is 1.87 bits per heavy atom. The van der Waals surface area contributed by atoms with Crippen LogP contribution in [0.15, 0.2) is 36.5 Å². The van der Waals surface area contributed by atoms with Crippen LogP contribution in [0.25, 0.3) is 0 Å². The second-order valence-corrected chi connectivity index (χ2v) is 13.5. The second-order valence-electron chi connectivity index (χ2n) is 12.3. The quantitative estimate of drug-likeness (QED) is 0.0216. The molecular formula is C36H65O9P. The predicted octanol–water partition coefficient (Wildman–Crippen LogP) is 9.06. The fourth-order valence-electron chi connectivity index (χ4n) is 4.77. The van der Waals surface area contributed by atoms with Crippen molar-refractivity contribution in [2.75, 3.05) is 13.2 Å². The van der Waals surface area contributed by atoms with Gasteiger partial charge >= 0.3 is 19.8 Å². The highest BCUT2D eigenvalue weighted by Gasteiger charge is 2.22. The van der Waals surface area contributed by atoms with Crippen LogP contribution >= 0.6 is 7.82 Å². The van der Waals surface area contributed by atoms with Gasteiger partial charge in [-0.1, -0.05) is 141 Å². The van der Waals surface area contributed by atoms with E-state index in [1.807, 2.05) is 18.2 Å². The number of aliphatic hydroxyl groups excluding tert-OH is 1. The van der Waals surface area contributed by atoms with E-state index in [2.05, 4.69) is 37.4 Å². The summed E-state index contributed by atoms with van der Waals surface area (Å²) >= 11 is 0. The first-order valence-electron chi connectivity index (χ1n) is 17.8. The van der Waals surface area contributed by atoms with Gasteiger partial charge in [0.05, 0.1) is 12.7 Å². The average molecular weight is 673 g/mol. The van der Waals surface area contributed by atoms with E-state index in [0.29, 0.717) is 19.3 Å². The van der Waals surface area contributed by atoms with Crippen molar-refractivity contribution in [1.29, 1.82) is 0 Å². The Labute approximate surface area is 279 Å². The average Bonchev–Trinajstić information content (AvgIpc) is 3.01. The molecule has 10 heteroatoms. The number of ether oxygens (including phenoxy) is 2. The number of aliphatic hydroxyl groups is 1. The zero-order valence-electron chi connectivity index (χ0n) is 29.0. The summed E-state index contributed by atoms with van der Waals surface area (Å²) in [5.41, 5.74) is 0. The molecule has 46 heavy (non-hydrogen) atoms. The van der Waals surface area contributed by atoms with Gasteiger partial charge in [-0.25, -0.2) is 4.57 Å². The minimum absolute atomic E-state index is 0.191. The lowest BCUT2D eigenvalue weighted by Gasteiger charge is -2.18. The SMILES string of the molecule is CC/C=C/C/C=C/C=C/C(O)CCCCCCCC(=O)OC[C@H](COP(=O)(O)O)OC(=O)CCCCCCCCCCC(C)CC. The highest BCUT2D eigenvalue weighted by Crippen LogP contribution is 2.36. The van der Waals surface area contributed by atoms with Crippen molar-refractivity contribution in [3.05, 3.63) is 36.5 Å². The fourth-order valence-corrected chi connectivity index (χ4v) is 5.13. The molecule has 0 heterocycles. The van der Waals surface area contributed by atoms with Crippen LogP contribution in [0, 0.1) is 5.92 Å². The summed E-state index contributed by atoms with van der Waals surface area (Å²) in [6, 6.07) is 0. The number of unbranched alkanes of at least 4 members (excludes halogenated alkanes) is 11. The topological polar surface area (TPSA) is 140 Å². The Morgan fingerprint density at radius 2 is 1.28 bits per heavy atom. The fraction of sp³-hybridized carbons (Fsp3) is 0.778. The van der Waals surface area contributed by atoms with Crippen LogP contribution in [0.5, 0.6) is 0 Å². The van der Waals surface area contributed by atoms with Crippen LogP contribution in [0.4, 0.5) is 0 Å². The second kappa shape index (κ2) is 30.6. The predicted molar refractivity (Wildman–Crippen MR) is 185 cm³/mol. The van der Waals surface area contributed by atoms with E-state index >= 15 is 0 Å². The number of allylic oxidation sites excluding steroid dienone is 5. The number of hydrogen-bond donors (Lipinski definition) is 3. The van der Waals surface area contributed by atoms with Crippen LogP contribution in [0.3, 0.4) is 0 Å². The number of hydrogen-bond acceptors (Lipinski definition) is 7. The highest BCUT2D eigenvalue weighted by atomic mass is 31.2. The summed E-state index contributed by atoms with van der Waals surface area (Å²) in [5.74, 6) is -0.152. The molecule has 0 aliphatic rings. The monoisotopic (exact) mass is 672 g/mol. The normalized spacial score (nSPS) is 14.3. The molecular weight excluding hydrogens is 607 g/mol. The van der Waals surface area contributed by atoms with Gasteiger partial charge in [-0.05, 0) is 38.0 Å². The minimum atomic E-state index is -4.77. The number of carbonyl (C=O) groups excluding carboxylic acids is 2. The number of phosphoric ester groups is 1. The summed E-state index contributed by atoms with van der Waals surface area (Å²) in [6.45, 7) is 5.76. The lowest BCUT2D eigenvalue weighted by molar-refractivity contribution is -0.161. The van der Waals surface area contributed by atoms with Crippen LogP contribution in [-0.4, -0.2) is 52.3 Å². The highest BCUT2D eigenvalue weighted by molar-refractivity contribution is 7.46. The Morgan fingerprint density at radius 1 is 0.717 bits per heavy atom. The largest absolute Gasteiger partial charge is 0.469 e. The van der Waals surface area contributed by atoms with Gasteiger partial charge in [0.15, 0.2) is 6.10 Å². The molecule has 0 saturated carbocycles. The Hall–Kier alpha value is -1.77. The van der Waals surface area contributed by atoms with E-state index in [4.69, 9.17) is 19.3 Å². The van der Waals surface area contributed by atoms with E-state index in [0.717, 1.165) is 63.7 Å². The summed E-state index contributed by atoms with van der Waals surface area (Å²) in [4.78, 5) is 42.6. The summed E-state index contributed by atoms with van der Waals surface area (Å²) in [5, 5.41) is 10.0. The zero-order chi connectivity index (χ0) is 34.3. The molecule has 0 aliphatic heterocycles. The smallest absolute Gasteiger partial charge is 0.462 e. The molecule has 268 valence electrons. The van der Waals surface area contributed by atoms with Crippen molar-refractivity contribution >= 4 is 19.8 Å². The molecule has 0 bridgehead atoms. The van der Waals surface area contributed by atoms with E-state index in [-0.39, 0.29) is 19.4 Å².